The number of hydrogen-bond acceptors (Lipinski definition) is 4. The summed E-state index contributed by atoms with van der Waals surface area (Å²) >= 11 is 0. The molecule has 2 aromatic rings. The monoisotopic (exact) mass is 419 g/mol. The topological polar surface area (TPSA) is 71.3 Å². The van der Waals surface area contributed by atoms with Crippen molar-refractivity contribution in [2.75, 3.05) is 39.3 Å². The molecule has 0 aromatic heterocycles. The van der Waals surface area contributed by atoms with E-state index in [1.807, 2.05) is 57.2 Å². The van der Waals surface area contributed by atoms with E-state index in [0.717, 1.165) is 22.4 Å². The Balaban J connectivity index is 1.50. The molecule has 0 saturated carbocycles. The van der Waals surface area contributed by atoms with Crippen molar-refractivity contribution in [3.05, 3.63) is 59.2 Å². The molecule has 0 aliphatic carbocycles. The fourth-order valence-electron chi connectivity index (χ4n) is 3.76. The molecule has 1 aliphatic heterocycles. The normalized spacial score (nSPS) is 17.2. The van der Waals surface area contributed by atoms with Crippen LogP contribution in [0.15, 0.2) is 47.4 Å². The molecule has 3 rings (SSSR count). The van der Waals surface area contributed by atoms with Gasteiger partial charge in [0.25, 0.3) is 0 Å². The van der Waals surface area contributed by atoms with Crippen LogP contribution in [0.1, 0.15) is 16.7 Å². The molecule has 0 spiro atoms. The Morgan fingerprint density at radius 2 is 1.76 bits per heavy atom. The number of quaternary nitrogens is 1. The molecule has 0 unspecified atom stereocenters. The van der Waals surface area contributed by atoms with Gasteiger partial charge in [0, 0.05) is 0 Å². The number of ether oxygens (including phenoxy) is 1. The number of nitrogens with zero attached hydrogens (tertiary/aromatic N) is 1. The van der Waals surface area contributed by atoms with Crippen LogP contribution in [0.4, 0.5) is 0 Å². The highest BCUT2D eigenvalue weighted by Gasteiger charge is 2.32. The summed E-state index contributed by atoms with van der Waals surface area (Å²) in [5.74, 6) is 0.753. The second kappa shape index (κ2) is 9.26. The molecule has 2 N–H and O–H groups in total. The van der Waals surface area contributed by atoms with Crippen LogP contribution >= 0.6 is 0 Å². The summed E-state index contributed by atoms with van der Waals surface area (Å²) in [4.78, 5) is 1.58. The van der Waals surface area contributed by atoms with Crippen molar-refractivity contribution in [3.8, 4) is 5.75 Å². The zero-order valence-corrected chi connectivity index (χ0v) is 18.2. The summed E-state index contributed by atoms with van der Waals surface area (Å²) in [5, 5.41) is 10.3. The molecule has 1 aliphatic rings. The SMILES string of the molecule is Cc1cccc(OC[C@@H](O)C[NH+]2CCN(S(=O)(=O)c3ccc(C)cc3C)CC2)c1. The lowest BCUT2D eigenvalue weighted by Gasteiger charge is -2.32. The first-order chi connectivity index (χ1) is 13.8. The predicted octanol–water partition coefficient (Wildman–Crippen LogP) is 0.941. The van der Waals surface area contributed by atoms with Crippen molar-refractivity contribution in [3.63, 3.8) is 0 Å². The maximum atomic E-state index is 13.0. The van der Waals surface area contributed by atoms with Gasteiger partial charge in [0.15, 0.2) is 0 Å². The van der Waals surface area contributed by atoms with Gasteiger partial charge in [-0.15, -0.1) is 0 Å². The number of nitrogens with one attached hydrogen (secondary N) is 1. The minimum atomic E-state index is -3.48. The zero-order valence-electron chi connectivity index (χ0n) is 17.4. The van der Waals surface area contributed by atoms with E-state index >= 15 is 0 Å². The summed E-state index contributed by atoms with van der Waals surface area (Å²) < 4.78 is 33.2. The zero-order chi connectivity index (χ0) is 21.0. The van der Waals surface area contributed by atoms with Crippen LogP contribution in [0, 0.1) is 20.8 Å². The number of rotatable bonds is 7. The van der Waals surface area contributed by atoms with Gasteiger partial charge in [-0.3, -0.25) is 0 Å². The van der Waals surface area contributed by atoms with Gasteiger partial charge in [-0.1, -0.05) is 29.8 Å². The van der Waals surface area contributed by atoms with E-state index in [2.05, 4.69) is 0 Å². The number of sulfonamides is 1. The summed E-state index contributed by atoms with van der Waals surface area (Å²) in [6.07, 6.45) is -0.590. The molecule has 1 fully saturated rings. The number of aliphatic hydroxyl groups is 1. The Hall–Kier alpha value is -1.93. The van der Waals surface area contributed by atoms with Crippen LogP contribution in [0.2, 0.25) is 0 Å². The van der Waals surface area contributed by atoms with Gasteiger partial charge in [0.2, 0.25) is 10.0 Å². The third kappa shape index (κ3) is 5.57. The fraction of sp³-hybridized carbons (Fsp3) is 0.455. The molecule has 2 aromatic carbocycles. The molecular formula is C22H31N2O4S+. The van der Waals surface area contributed by atoms with Crippen LogP contribution in [0.5, 0.6) is 5.75 Å². The number of benzene rings is 2. The number of piperazine rings is 1. The molecule has 1 saturated heterocycles. The largest absolute Gasteiger partial charge is 0.491 e. The highest BCUT2D eigenvalue weighted by Crippen LogP contribution is 2.21. The van der Waals surface area contributed by atoms with E-state index in [4.69, 9.17) is 4.74 Å². The Kier molecular flexibility index (Phi) is 6.95. The molecule has 29 heavy (non-hydrogen) atoms. The van der Waals surface area contributed by atoms with Gasteiger partial charge in [0.05, 0.1) is 31.1 Å². The van der Waals surface area contributed by atoms with Crippen LogP contribution < -0.4 is 9.64 Å². The van der Waals surface area contributed by atoms with Gasteiger partial charge >= 0.3 is 0 Å². The maximum Gasteiger partial charge on any atom is 0.243 e. The van der Waals surface area contributed by atoms with Gasteiger partial charge in [-0.05, 0) is 50.1 Å². The lowest BCUT2D eigenvalue weighted by atomic mass is 10.2. The molecule has 0 radical (unpaired) electrons. The Labute approximate surface area is 173 Å². The maximum absolute atomic E-state index is 13.0. The van der Waals surface area contributed by atoms with Gasteiger partial charge in [-0.25, -0.2) is 8.42 Å². The minimum absolute atomic E-state index is 0.234. The molecule has 1 heterocycles. The first-order valence-electron chi connectivity index (χ1n) is 10.0. The second-order valence-electron chi connectivity index (χ2n) is 7.91. The highest BCUT2D eigenvalue weighted by molar-refractivity contribution is 7.89. The van der Waals surface area contributed by atoms with Gasteiger partial charge in [0.1, 0.15) is 25.0 Å². The third-order valence-corrected chi connectivity index (χ3v) is 7.39. The number of aliphatic hydroxyl groups excluding tert-OH is 1. The lowest BCUT2D eigenvalue weighted by molar-refractivity contribution is -0.906. The standard InChI is InChI=1S/C22H30N2O4S/c1-17-5-4-6-21(14-17)28-16-20(25)15-23-9-11-24(12-10-23)29(26,27)22-8-7-18(2)13-19(22)3/h4-8,13-14,20,25H,9-12,15-16H2,1-3H3/p+1/t20-/m0/s1. The summed E-state index contributed by atoms with van der Waals surface area (Å²) in [7, 11) is -3.48. The van der Waals surface area contributed by atoms with Crippen LogP contribution in [-0.4, -0.2) is 63.3 Å². The second-order valence-corrected chi connectivity index (χ2v) is 9.81. The van der Waals surface area contributed by atoms with Gasteiger partial charge < -0.3 is 14.7 Å². The van der Waals surface area contributed by atoms with E-state index in [0.29, 0.717) is 37.6 Å². The van der Waals surface area contributed by atoms with E-state index in [1.54, 1.807) is 10.4 Å². The van der Waals surface area contributed by atoms with Crippen LogP contribution in [0.25, 0.3) is 0 Å². The Morgan fingerprint density at radius 3 is 2.41 bits per heavy atom. The van der Waals surface area contributed by atoms with Crippen LogP contribution in [0.3, 0.4) is 0 Å². The molecule has 158 valence electrons. The lowest BCUT2D eigenvalue weighted by Crippen LogP contribution is -3.15. The molecule has 6 nitrogen and oxygen atoms in total. The van der Waals surface area contributed by atoms with Crippen molar-refractivity contribution >= 4 is 10.0 Å². The fourth-order valence-corrected chi connectivity index (χ4v) is 5.41. The summed E-state index contributed by atoms with van der Waals surface area (Å²) in [6.45, 7) is 8.83. The summed E-state index contributed by atoms with van der Waals surface area (Å²) in [6, 6.07) is 13.2. The van der Waals surface area contributed by atoms with Crippen molar-refractivity contribution in [1.82, 2.24) is 4.31 Å². The molecule has 0 amide bonds. The first kappa shape index (κ1) is 21.8. The Morgan fingerprint density at radius 1 is 1.07 bits per heavy atom. The Bertz CT molecular complexity index is 938. The minimum Gasteiger partial charge on any atom is -0.491 e. The molecule has 7 heteroatoms. The quantitative estimate of drug-likeness (QED) is 0.701. The van der Waals surface area contributed by atoms with Crippen molar-refractivity contribution < 1.29 is 23.2 Å². The molecule has 1 atom stereocenters. The van der Waals surface area contributed by atoms with Crippen LogP contribution in [-0.2, 0) is 10.0 Å². The van der Waals surface area contributed by atoms with Crippen molar-refractivity contribution in [2.24, 2.45) is 0 Å². The van der Waals surface area contributed by atoms with E-state index in [-0.39, 0.29) is 6.61 Å². The molecular weight excluding hydrogens is 388 g/mol. The average molecular weight is 420 g/mol. The summed E-state index contributed by atoms with van der Waals surface area (Å²) in [5.41, 5.74) is 2.95. The smallest absolute Gasteiger partial charge is 0.243 e. The molecule has 0 bridgehead atoms. The van der Waals surface area contributed by atoms with E-state index in [9.17, 15) is 13.5 Å². The van der Waals surface area contributed by atoms with E-state index in [1.165, 1.54) is 4.90 Å². The van der Waals surface area contributed by atoms with E-state index < -0.39 is 16.1 Å². The van der Waals surface area contributed by atoms with Crippen molar-refractivity contribution in [2.45, 2.75) is 31.8 Å². The first-order valence-corrected chi connectivity index (χ1v) is 11.5. The number of hydrogen-bond donors (Lipinski definition) is 2. The number of aryl methyl sites for hydroxylation is 3. The van der Waals surface area contributed by atoms with Gasteiger partial charge in [-0.2, -0.15) is 4.31 Å². The predicted molar refractivity (Wildman–Crippen MR) is 113 cm³/mol. The van der Waals surface area contributed by atoms with Crippen molar-refractivity contribution in [1.29, 1.82) is 0 Å². The third-order valence-electron chi connectivity index (χ3n) is 5.33. The average Bonchev–Trinajstić information content (AvgIpc) is 2.66. The highest BCUT2D eigenvalue weighted by atomic mass is 32.2.